The predicted molar refractivity (Wildman–Crippen MR) is 135 cm³/mol. The van der Waals surface area contributed by atoms with Gasteiger partial charge in [0, 0.05) is 25.2 Å². The summed E-state index contributed by atoms with van der Waals surface area (Å²) in [7, 11) is 4.33. The Hall–Kier alpha value is -2.16. The van der Waals surface area contributed by atoms with Crippen LogP contribution in [0.5, 0.6) is 0 Å². The number of aliphatic hydroxyl groups excluding tert-OH is 1. The Morgan fingerprint density at radius 2 is 1.86 bits per heavy atom. The third-order valence-electron chi connectivity index (χ3n) is 8.54. The molecule has 0 bridgehead atoms. The number of nitrogens with zero attached hydrogens (tertiary/aromatic N) is 3. The van der Waals surface area contributed by atoms with Crippen LogP contribution in [0.4, 0.5) is 4.79 Å². The number of hydrogen-bond acceptors (Lipinski definition) is 5. The molecule has 1 aromatic rings. The van der Waals surface area contributed by atoms with Crippen molar-refractivity contribution in [3.05, 3.63) is 35.9 Å². The fourth-order valence-corrected chi connectivity index (χ4v) is 6.17. The number of ether oxygens (including phenoxy) is 1. The van der Waals surface area contributed by atoms with E-state index in [1.807, 2.05) is 0 Å². The lowest BCUT2D eigenvalue weighted by molar-refractivity contribution is -0.121. The number of urea groups is 1. The SMILES string of the molecule is CN(C)[C@]1(c2ccccc2)CC[C@]2(CC1)CN(CC(=O)NCCOCCO)C(=O)N2CC1CCC1. The molecule has 3 amide bonds. The van der Waals surface area contributed by atoms with E-state index in [0.717, 1.165) is 32.2 Å². The molecule has 3 aliphatic rings. The first-order valence-electron chi connectivity index (χ1n) is 13.1. The van der Waals surface area contributed by atoms with Gasteiger partial charge in [0.1, 0.15) is 6.54 Å². The van der Waals surface area contributed by atoms with Gasteiger partial charge in [-0.15, -0.1) is 0 Å². The van der Waals surface area contributed by atoms with E-state index in [4.69, 9.17) is 9.84 Å². The van der Waals surface area contributed by atoms with Crippen molar-refractivity contribution >= 4 is 11.9 Å². The van der Waals surface area contributed by atoms with Gasteiger partial charge in [-0.05, 0) is 64.1 Å². The molecule has 2 saturated carbocycles. The van der Waals surface area contributed by atoms with Gasteiger partial charge in [-0.1, -0.05) is 36.8 Å². The largest absolute Gasteiger partial charge is 0.394 e. The molecule has 1 spiro atoms. The zero-order chi connectivity index (χ0) is 24.9. The molecule has 4 rings (SSSR count). The van der Waals surface area contributed by atoms with Crippen molar-refractivity contribution in [2.45, 2.75) is 56.0 Å². The Bertz CT molecular complexity index is 850. The smallest absolute Gasteiger partial charge is 0.321 e. The molecule has 3 fully saturated rings. The molecule has 194 valence electrons. The highest BCUT2D eigenvalue weighted by atomic mass is 16.5. The molecule has 0 radical (unpaired) electrons. The lowest BCUT2D eigenvalue weighted by Gasteiger charge is -2.51. The normalized spacial score (nSPS) is 27.0. The summed E-state index contributed by atoms with van der Waals surface area (Å²) in [5, 5.41) is 11.6. The van der Waals surface area contributed by atoms with Crippen LogP contribution in [0.3, 0.4) is 0 Å². The van der Waals surface area contributed by atoms with Gasteiger partial charge in [-0.25, -0.2) is 4.79 Å². The van der Waals surface area contributed by atoms with Gasteiger partial charge in [0.2, 0.25) is 5.91 Å². The third-order valence-corrected chi connectivity index (χ3v) is 8.54. The first kappa shape index (κ1) is 25.9. The zero-order valence-corrected chi connectivity index (χ0v) is 21.4. The van der Waals surface area contributed by atoms with Crippen LogP contribution in [0.15, 0.2) is 30.3 Å². The molecule has 1 heterocycles. The molecule has 35 heavy (non-hydrogen) atoms. The van der Waals surface area contributed by atoms with E-state index in [2.05, 4.69) is 59.5 Å². The highest BCUT2D eigenvalue weighted by Gasteiger charge is 2.55. The van der Waals surface area contributed by atoms with Crippen molar-refractivity contribution in [2.75, 3.05) is 60.1 Å². The van der Waals surface area contributed by atoms with E-state index < -0.39 is 0 Å². The first-order chi connectivity index (χ1) is 16.9. The number of carbonyl (C=O) groups excluding carboxylic acids is 2. The monoisotopic (exact) mass is 486 g/mol. The average molecular weight is 487 g/mol. The molecular formula is C27H42N4O4. The van der Waals surface area contributed by atoms with Crippen molar-refractivity contribution in [1.82, 2.24) is 20.0 Å². The van der Waals surface area contributed by atoms with Gasteiger partial charge in [-0.2, -0.15) is 0 Å². The zero-order valence-electron chi connectivity index (χ0n) is 21.4. The van der Waals surface area contributed by atoms with E-state index in [1.54, 1.807) is 4.90 Å². The van der Waals surface area contributed by atoms with E-state index in [0.29, 0.717) is 25.6 Å². The highest BCUT2D eigenvalue weighted by molar-refractivity contribution is 5.86. The summed E-state index contributed by atoms with van der Waals surface area (Å²) in [5.74, 6) is 0.428. The van der Waals surface area contributed by atoms with Gasteiger partial charge in [0.05, 0.1) is 25.4 Å². The average Bonchev–Trinajstić information content (AvgIpc) is 3.07. The van der Waals surface area contributed by atoms with Crippen LogP contribution in [0, 0.1) is 5.92 Å². The summed E-state index contributed by atoms with van der Waals surface area (Å²) in [6.45, 7) is 2.46. The third kappa shape index (κ3) is 5.49. The molecule has 1 saturated heterocycles. The summed E-state index contributed by atoms with van der Waals surface area (Å²) in [4.78, 5) is 32.4. The van der Waals surface area contributed by atoms with Crippen LogP contribution < -0.4 is 5.32 Å². The molecule has 2 aliphatic carbocycles. The number of hydrogen-bond donors (Lipinski definition) is 2. The Morgan fingerprint density at radius 1 is 1.14 bits per heavy atom. The van der Waals surface area contributed by atoms with Crippen LogP contribution in [0.2, 0.25) is 0 Å². The Balaban J connectivity index is 1.45. The summed E-state index contributed by atoms with van der Waals surface area (Å²) in [6, 6.07) is 10.8. The second kappa shape index (κ2) is 11.3. The fourth-order valence-electron chi connectivity index (χ4n) is 6.17. The Kier molecular flexibility index (Phi) is 8.34. The molecule has 8 nitrogen and oxygen atoms in total. The lowest BCUT2D eigenvalue weighted by Crippen LogP contribution is -2.56. The van der Waals surface area contributed by atoms with Crippen molar-refractivity contribution < 1.29 is 19.4 Å². The second-order valence-electron chi connectivity index (χ2n) is 10.7. The number of amides is 3. The summed E-state index contributed by atoms with van der Waals surface area (Å²) in [6.07, 6.45) is 7.49. The lowest BCUT2D eigenvalue weighted by atomic mass is 9.68. The molecular weight excluding hydrogens is 444 g/mol. The number of rotatable bonds is 11. The minimum Gasteiger partial charge on any atom is -0.394 e. The number of benzene rings is 1. The van der Waals surface area contributed by atoms with E-state index >= 15 is 0 Å². The van der Waals surface area contributed by atoms with Crippen molar-refractivity contribution in [2.24, 2.45) is 5.92 Å². The first-order valence-corrected chi connectivity index (χ1v) is 13.1. The molecule has 0 unspecified atom stereocenters. The summed E-state index contributed by atoms with van der Waals surface area (Å²) in [5.41, 5.74) is 1.11. The molecule has 2 N–H and O–H groups in total. The number of aliphatic hydroxyl groups is 1. The van der Waals surface area contributed by atoms with Gasteiger partial charge in [0.25, 0.3) is 0 Å². The second-order valence-corrected chi connectivity index (χ2v) is 10.7. The standard InChI is InChI=1S/C27H42N4O4/c1-29(2)27(23-9-4-3-5-10-23)13-11-26(12-14-27)21-30(20-24(33)28-15-17-35-18-16-32)25(34)31(26)19-22-7-6-8-22/h3-5,9-10,22,32H,6-8,11-21H2,1-2H3,(H,28,33)/t26-,27+. The minimum absolute atomic E-state index is 0.0145. The Morgan fingerprint density at radius 3 is 2.46 bits per heavy atom. The topological polar surface area (TPSA) is 85.4 Å². The van der Waals surface area contributed by atoms with Gasteiger partial charge < -0.3 is 25.0 Å². The van der Waals surface area contributed by atoms with Crippen molar-refractivity contribution in [3.63, 3.8) is 0 Å². The molecule has 1 aliphatic heterocycles. The Labute approximate surface area is 209 Å². The fraction of sp³-hybridized carbons (Fsp3) is 0.704. The van der Waals surface area contributed by atoms with Crippen LogP contribution in [-0.2, 0) is 15.1 Å². The summed E-state index contributed by atoms with van der Waals surface area (Å²) < 4.78 is 5.21. The van der Waals surface area contributed by atoms with Gasteiger partial charge >= 0.3 is 6.03 Å². The molecule has 8 heteroatoms. The highest BCUT2D eigenvalue weighted by Crippen LogP contribution is 2.49. The van der Waals surface area contributed by atoms with Gasteiger partial charge in [-0.3, -0.25) is 9.69 Å². The maximum absolute atomic E-state index is 13.6. The molecule has 0 atom stereocenters. The van der Waals surface area contributed by atoms with Crippen LogP contribution in [0.25, 0.3) is 0 Å². The minimum atomic E-state index is -0.203. The van der Waals surface area contributed by atoms with Crippen LogP contribution >= 0.6 is 0 Å². The maximum atomic E-state index is 13.6. The van der Waals surface area contributed by atoms with Crippen LogP contribution in [0.1, 0.15) is 50.5 Å². The van der Waals surface area contributed by atoms with E-state index in [9.17, 15) is 9.59 Å². The van der Waals surface area contributed by atoms with E-state index in [-0.39, 0.29) is 42.8 Å². The van der Waals surface area contributed by atoms with Crippen LogP contribution in [-0.4, -0.2) is 97.4 Å². The molecule has 1 aromatic carbocycles. The van der Waals surface area contributed by atoms with Crippen molar-refractivity contribution in [3.8, 4) is 0 Å². The molecule has 0 aromatic heterocycles. The predicted octanol–water partition coefficient (Wildman–Crippen LogP) is 2.42. The van der Waals surface area contributed by atoms with E-state index in [1.165, 1.54) is 24.8 Å². The number of nitrogens with one attached hydrogen (secondary N) is 1. The van der Waals surface area contributed by atoms with Gasteiger partial charge in [0.15, 0.2) is 0 Å². The summed E-state index contributed by atoms with van der Waals surface area (Å²) >= 11 is 0. The quantitative estimate of drug-likeness (QED) is 0.469. The maximum Gasteiger partial charge on any atom is 0.321 e. The number of carbonyl (C=O) groups is 2. The van der Waals surface area contributed by atoms with Crippen molar-refractivity contribution in [1.29, 1.82) is 0 Å².